The van der Waals surface area contributed by atoms with Crippen molar-refractivity contribution in [3.8, 4) is 17.1 Å². The fourth-order valence-electron chi connectivity index (χ4n) is 3.69. The van der Waals surface area contributed by atoms with Gasteiger partial charge in [-0.2, -0.15) is 0 Å². The van der Waals surface area contributed by atoms with E-state index in [0.717, 1.165) is 67.5 Å². The molecule has 7 heteroatoms. The molecule has 2 heterocycles. The zero-order valence-electron chi connectivity index (χ0n) is 15.6. The summed E-state index contributed by atoms with van der Waals surface area (Å²) < 4.78 is 13.2. The lowest BCUT2D eigenvalue weighted by molar-refractivity contribution is -0.119. The molecule has 4 rings (SSSR count). The average molecular weight is 388 g/mol. The van der Waals surface area contributed by atoms with Crippen LogP contribution >= 0.6 is 11.8 Å². The number of nitrogens with zero attached hydrogens (tertiary/aromatic N) is 3. The summed E-state index contributed by atoms with van der Waals surface area (Å²) in [5, 5.41) is 9.71. The van der Waals surface area contributed by atoms with E-state index in [9.17, 15) is 4.79 Å². The molecule has 0 spiro atoms. The highest BCUT2D eigenvalue weighted by molar-refractivity contribution is 8.00. The van der Waals surface area contributed by atoms with Crippen LogP contribution in [0.2, 0.25) is 0 Å². The first kappa shape index (κ1) is 18.5. The van der Waals surface area contributed by atoms with E-state index in [1.165, 1.54) is 0 Å². The Labute approximate surface area is 163 Å². The molecule has 2 fully saturated rings. The number of benzene rings is 1. The molecule has 2 aliphatic rings. The highest BCUT2D eigenvalue weighted by atomic mass is 32.2. The number of Topliss-reactive ketones (excluding diaryl/α,β-unsaturated/α-hetero) is 1. The van der Waals surface area contributed by atoms with Crippen molar-refractivity contribution in [2.24, 2.45) is 0 Å². The second-order valence-corrected chi connectivity index (χ2v) is 8.27. The van der Waals surface area contributed by atoms with Crippen LogP contribution < -0.4 is 4.74 Å². The van der Waals surface area contributed by atoms with E-state index in [4.69, 9.17) is 9.47 Å². The van der Waals surface area contributed by atoms with Crippen molar-refractivity contribution in [2.45, 2.75) is 61.6 Å². The van der Waals surface area contributed by atoms with Gasteiger partial charge in [0, 0.05) is 18.6 Å². The van der Waals surface area contributed by atoms with Gasteiger partial charge in [-0.15, -0.1) is 10.2 Å². The normalized spacial score (nSPS) is 22.9. The summed E-state index contributed by atoms with van der Waals surface area (Å²) in [6.45, 7) is 1.53. The molecule has 1 aliphatic carbocycles. The minimum absolute atomic E-state index is 0.00471. The maximum atomic E-state index is 12.3. The third-order valence-corrected chi connectivity index (χ3v) is 6.52. The topological polar surface area (TPSA) is 66.2 Å². The van der Waals surface area contributed by atoms with Crippen LogP contribution in [0.3, 0.4) is 0 Å². The average Bonchev–Trinajstić information content (AvgIpc) is 3.35. The summed E-state index contributed by atoms with van der Waals surface area (Å²) in [5.74, 6) is 1.97. The quantitative estimate of drug-likeness (QED) is 0.752. The van der Waals surface area contributed by atoms with Crippen LogP contribution in [-0.4, -0.2) is 45.6 Å². The Kier molecular flexibility index (Phi) is 5.78. The highest BCUT2D eigenvalue weighted by Crippen LogP contribution is 2.33. The molecule has 0 bridgehead atoms. The predicted octanol–water partition coefficient (Wildman–Crippen LogP) is 3.74. The van der Waals surface area contributed by atoms with Gasteiger partial charge in [0.1, 0.15) is 11.5 Å². The molecule has 1 aliphatic heterocycles. The first-order valence-electron chi connectivity index (χ1n) is 9.63. The van der Waals surface area contributed by atoms with Gasteiger partial charge >= 0.3 is 0 Å². The maximum Gasteiger partial charge on any atom is 0.192 e. The number of hydrogen-bond acceptors (Lipinski definition) is 6. The number of ketones is 1. The number of thioether (sulfide) groups is 1. The van der Waals surface area contributed by atoms with Gasteiger partial charge in [0.2, 0.25) is 0 Å². The molecular formula is C20H25N3O3S. The third-order valence-electron chi connectivity index (χ3n) is 5.22. The van der Waals surface area contributed by atoms with E-state index in [0.29, 0.717) is 12.2 Å². The lowest BCUT2D eigenvalue weighted by Crippen LogP contribution is -2.23. The number of carbonyl (C=O) groups excluding carboxylic acids is 1. The minimum atomic E-state index is -0.00471. The molecule has 0 radical (unpaired) electrons. The molecule has 27 heavy (non-hydrogen) atoms. The van der Waals surface area contributed by atoms with Crippen molar-refractivity contribution in [3.05, 3.63) is 24.3 Å². The summed E-state index contributed by atoms with van der Waals surface area (Å²) >= 11 is 1.57. The molecule has 144 valence electrons. The largest absolute Gasteiger partial charge is 0.497 e. The van der Waals surface area contributed by atoms with Gasteiger partial charge in [-0.25, -0.2) is 0 Å². The second-order valence-electron chi connectivity index (χ2n) is 7.10. The lowest BCUT2D eigenvalue weighted by atomic mass is 9.99. The van der Waals surface area contributed by atoms with Gasteiger partial charge in [-0.1, -0.05) is 18.2 Å². The van der Waals surface area contributed by atoms with E-state index >= 15 is 0 Å². The Morgan fingerprint density at radius 3 is 2.74 bits per heavy atom. The van der Waals surface area contributed by atoms with Crippen molar-refractivity contribution < 1.29 is 14.3 Å². The molecule has 1 aromatic carbocycles. The summed E-state index contributed by atoms with van der Waals surface area (Å²) in [4.78, 5) is 12.3. The van der Waals surface area contributed by atoms with Gasteiger partial charge in [0.05, 0.1) is 25.0 Å². The molecule has 0 amide bonds. The van der Waals surface area contributed by atoms with Gasteiger partial charge in [-0.05, 0) is 49.9 Å². The van der Waals surface area contributed by atoms with Crippen LogP contribution in [0.4, 0.5) is 0 Å². The Morgan fingerprint density at radius 2 is 2.04 bits per heavy atom. The standard InChI is InChI=1S/C20H25N3O3S/c1-25-15-10-8-14(9-11-15)19-21-22-20(23(19)13-16-5-4-12-26-16)27-18-7-3-2-6-17(18)24/h8-11,16,18H,2-7,12-13H2,1H3/t16-,18+/m0/s1. The molecule has 2 aromatic rings. The van der Waals surface area contributed by atoms with Crippen molar-refractivity contribution >= 4 is 17.5 Å². The van der Waals surface area contributed by atoms with Crippen LogP contribution in [0, 0.1) is 0 Å². The van der Waals surface area contributed by atoms with Crippen molar-refractivity contribution in [1.29, 1.82) is 0 Å². The predicted molar refractivity (Wildman–Crippen MR) is 104 cm³/mol. The van der Waals surface area contributed by atoms with Crippen molar-refractivity contribution in [3.63, 3.8) is 0 Å². The number of ether oxygens (including phenoxy) is 2. The number of methoxy groups -OCH3 is 1. The van der Waals surface area contributed by atoms with Gasteiger partial charge in [-0.3, -0.25) is 9.36 Å². The minimum Gasteiger partial charge on any atom is -0.497 e. The number of aromatic nitrogens is 3. The zero-order chi connectivity index (χ0) is 18.6. The van der Waals surface area contributed by atoms with Crippen LogP contribution in [0.1, 0.15) is 38.5 Å². The van der Waals surface area contributed by atoms with E-state index in [2.05, 4.69) is 14.8 Å². The first-order chi connectivity index (χ1) is 13.2. The van der Waals surface area contributed by atoms with Gasteiger partial charge in [0.25, 0.3) is 0 Å². The lowest BCUT2D eigenvalue weighted by Gasteiger charge is -2.20. The number of carbonyl (C=O) groups is 1. The fraction of sp³-hybridized carbons (Fsp3) is 0.550. The zero-order valence-corrected chi connectivity index (χ0v) is 16.4. The van der Waals surface area contributed by atoms with Gasteiger partial charge in [0.15, 0.2) is 11.0 Å². The molecule has 0 N–H and O–H groups in total. The van der Waals surface area contributed by atoms with E-state index in [-0.39, 0.29) is 11.4 Å². The van der Waals surface area contributed by atoms with Crippen molar-refractivity contribution in [1.82, 2.24) is 14.8 Å². The van der Waals surface area contributed by atoms with E-state index < -0.39 is 0 Å². The Bertz CT molecular complexity index is 784. The molecule has 1 saturated carbocycles. The fourth-order valence-corrected chi connectivity index (χ4v) is 4.85. The van der Waals surface area contributed by atoms with Gasteiger partial charge < -0.3 is 9.47 Å². The van der Waals surface area contributed by atoms with E-state index in [1.807, 2.05) is 24.3 Å². The van der Waals surface area contributed by atoms with Crippen LogP contribution in [0.5, 0.6) is 5.75 Å². The molecule has 6 nitrogen and oxygen atoms in total. The van der Waals surface area contributed by atoms with Crippen LogP contribution in [0.15, 0.2) is 29.4 Å². The first-order valence-corrected chi connectivity index (χ1v) is 10.5. The maximum absolute atomic E-state index is 12.3. The summed E-state index contributed by atoms with van der Waals surface area (Å²) in [6, 6.07) is 7.85. The molecule has 2 atom stereocenters. The summed E-state index contributed by atoms with van der Waals surface area (Å²) in [6.07, 6.45) is 6.04. The number of rotatable bonds is 6. The van der Waals surface area contributed by atoms with E-state index in [1.54, 1.807) is 18.9 Å². The number of hydrogen-bond donors (Lipinski definition) is 0. The smallest absolute Gasteiger partial charge is 0.192 e. The Morgan fingerprint density at radius 1 is 1.19 bits per heavy atom. The Balaban J connectivity index is 1.63. The SMILES string of the molecule is COc1ccc(-c2nnc(S[C@@H]3CCCCC3=O)n2C[C@@H]2CCCO2)cc1. The van der Waals surface area contributed by atoms with Crippen LogP contribution in [0.25, 0.3) is 11.4 Å². The molecule has 1 saturated heterocycles. The highest BCUT2D eigenvalue weighted by Gasteiger charge is 2.28. The monoisotopic (exact) mass is 387 g/mol. The summed E-state index contributed by atoms with van der Waals surface area (Å²) in [7, 11) is 1.66. The molecule has 0 unspecified atom stereocenters. The molecule has 1 aromatic heterocycles. The second kappa shape index (κ2) is 8.44. The third kappa shape index (κ3) is 4.19. The summed E-state index contributed by atoms with van der Waals surface area (Å²) in [5.41, 5.74) is 0.989. The van der Waals surface area contributed by atoms with Crippen molar-refractivity contribution in [2.75, 3.05) is 13.7 Å². The Hall–Kier alpha value is -1.86. The van der Waals surface area contributed by atoms with Crippen LogP contribution in [-0.2, 0) is 16.1 Å². The molecular weight excluding hydrogens is 362 g/mol.